The van der Waals surface area contributed by atoms with E-state index < -0.39 is 0 Å². The van der Waals surface area contributed by atoms with Crippen molar-refractivity contribution >= 4 is 0 Å². The molecule has 2 aliphatic heterocycles. The average molecular weight is 284 g/mol. The number of nitrogens with two attached hydrogens (primary N) is 1. The van der Waals surface area contributed by atoms with Crippen LogP contribution >= 0.6 is 0 Å². The van der Waals surface area contributed by atoms with E-state index in [2.05, 4.69) is 28.5 Å². The SMILES string of the molecule is CC(C)N1CCOC(CN2CCN(CCCN)CC2)C1. The summed E-state index contributed by atoms with van der Waals surface area (Å²) in [7, 11) is 0. The first-order valence-corrected chi connectivity index (χ1v) is 8.19. The lowest BCUT2D eigenvalue weighted by Crippen LogP contribution is -2.53. The Balaban J connectivity index is 1.67. The van der Waals surface area contributed by atoms with E-state index in [1.807, 2.05) is 0 Å². The van der Waals surface area contributed by atoms with Gasteiger partial charge in [-0.05, 0) is 33.4 Å². The van der Waals surface area contributed by atoms with Crippen molar-refractivity contribution in [2.45, 2.75) is 32.4 Å². The van der Waals surface area contributed by atoms with Crippen molar-refractivity contribution in [2.24, 2.45) is 5.73 Å². The van der Waals surface area contributed by atoms with Crippen LogP contribution in [0.2, 0.25) is 0 Å². The molecule has 0 radical (unpaired) electrons. The summed E-state index contributed by atoms with van der Waals surface area (Å²) in [5.74, 6) is 0. The van der Waals surface area contributed by atoms with Gasteiger partial charge in [0.25, 0.3) is 0 Å². The average Bonchev–Trinajstić information content (AvgIpc) is 2.47. The molecule has 0 aromatic heterocycles. The van der Waals surface area contributed by atoms with E-state index >= 15 is 0 Å². The number of morpholine rings is 1. The van der Waals surface area contributed by atoms with E-state index in [4.69, 9.17) is 10.5 Å². The molecule has 20 heavy (non-hydrogen) atoms. The van der Waals surface area contributed by atoms with Gasteiger partial charge in [0.1, 0.15) is 0 Å². The third-order valence-corrected chi connectivity index (χ3v) is 4.51. The van der Waals surface area contributed by atoms with Gasteiger partial charge in [-0.15, -0.1) is 0 Å². The summed E-state index contributed by atoms with van der Waals surface area (Å²) in [6.07, 6.45) is 1.51. The summed E-state index contributed by atoms with van der Waals surface area (Å²) in [5.41, 5.74) is 5.58. The van der Waals surface area contributed by atoms with Crippen LogP contribution in [0.15, 0.2) is 0 Å². The van der Waals surface area contributed by atoms with Crippen LogP contribution in [-0.4, -0.2) is 92.4 Å². The zero-order valence-corrected chi connectivity index (χ0v) is 13.3. The van der Waals surface area contributed by atoms with E-state index in [1.165, 1.54) is 26.2 Å². The quantitative estimate of drug-likeness (QED) is 0.747. The lowest BCUT2D eigenvalue weighted by molar-refractivity contribution is -0.0563. The van der Waals surface area contributed by atoms with Crippen LogP contribution in [0.25, 0.3) is 0 Å². The number of hydrogen-bond donors (Lipinski definition) is 1. The topological polar surface area (TPSA) is 45.0 Å². The van der Waals surface area contributed by atoms with Crippen molar-refractivity contribution in [3.05, 3.63) is 0 Å². The molecule has 2 rings (SSSR count). The van der Waals surface area contributed by atoms with Crippen molar-refractivity contribution in [1.82, 2.24) is 14.7 Å². The summed E-state index contributed by atoms with van der Waals surface area (Å²) >= 11 is 0. The smallest absolute Gasteiger partial charge is 0.0829 e. The fraction of sp³-hybridized carbons (Fsp3) is 1.00. The zero-order chi connectivity index (χ0) is 14.4. The van der Waals surface area contributed by atoms with Crippen LogP contribution in [0.1, 0.15) is 20.3 Å². The number of rotatable bonds is 6. The highest BCUT2D eigenvalue weighted by atomic mass is 16.5. The Morgan fingerprint density at radius 3 is 2.45 bits per heavy atom. The Morgan fingerprint density at radius 1 is 1.10 bits per heavy atom. The van der Waals surface area contributed by atoms with Crippen LogP contribution < -0.4 is 5.73 Å². The maximum Gasteiger partial charge on any atom is 0.0829 e. The maximum absolute atomic E-state index is 5.94. The second-order valence-electron chi connectivity index (χ2n) is 6.37. The highest BCUT2D eigenvalue weighted by molar-refractivity contribution is 4.79. The second-order valence-corrected chi connectivity index (χ2v) is 6.37. The third-order valence-electron chi connectivity index (χ3n) is 4.51. The second kappa shape index (κ2) is 8.29. The predicted molar refractivity (Wildman–Crippen MR) is 83.0 cm³/mol. The molecule has 1 unspecified atom stereocenters. The lowest BCUT2D eigenvalue weighted by Gasteiger charge is -2.40. The van der Waals surface area contributed by atoms with Gasteiger partial charge in [0, 0.05) is 51.9 Å². The minimum Gasteiger partial charge on any atom is -0.374 e. The largest absolute Gasteiger partial charge is 0.374 e. The van der Waals surface area contributed by atoms with E-state index in [0.717, 1.165) is 45.8 Å². The number of nitrogens with zero attached hydrogens (tertiary/aromatic N) is 3. The molecule has 0 aliphatic carbocycles. The van der Waals surface area contributed by atoms with Gasteiger partial charge in [-0.1, -0.05) is 0 Å². The van der Waals surface area contributed by atoms with Crippen LogP contribution in [-0.2, 0) is 4.74 Å². The molecule has 1 atom stereocenters. The maximum atomic E-state index is 5.94. The minimum absolute atomic E-state index is 0.391. The number of ether oxygens (including phenoxy) is 1. The third kappa shape index (κ3) is 4.97. The van der Waals surface area contributed by atoms with Crippen LogP contribution in [0.4, 0.5) is 0 Å². The van der Waals surface area contributed by atoms with Crippen LogP contribution in [0.3, 0.4) is 0 Å². The molecular formula is C15H32N4O. The standard InChI is InChI=1S/C15H32N4O/c1-14(2)19-10-11-20-15(13-19)12-18-8-6-17(7-9-18)5-3-4-16/h14-15H,3-13,16H2,1-2H3. The normalized spacial score (nSPS) is 27.3. The Labute approximate surface area is 124 Å². The summed E-state index contributed by atoms with van der Waals surface area (Å²) in [6.45, 7) is 15.4. The molecular weight excluding hydrogens is 252 g/mol. The number of hydrogen-bond acceptors (Lipinski definition) is 5. The van der Waals surface area contributed by atoms with Crippen molar-refractivity contribution in [2.75, 3.05) is 65.5 Å². The molecule has 2 heterocycles. The fourth-order valence-corrected chi connectivity index (χ4v) is 3.12. The molecule has 0 bridgehead atoms. The summed E-state index contributed by atoms with van der Waals surface area (Å²) in [6, 6.07) is 0.634. The molecule has 2 fully saturated rings. The van der Waals surface area contributed by atoms with Gasteiger partial charge in [0.2, 0.25) is 0 Å². The molecule has 0 amide bonds. The molecule has 0 aromatic carbocycles. The van der Waals surface area contributed by atoms with Gasteiger partial charge in [-0.25, -0.2) is 0 Å². The molecule has 0 aromatic rings. The van der Waals surface area contributed by atoms with E-state index in [1.54, 1.807) is 0 Å². The first-order valence-electron chi connectivity index (χ1n) is 8.19. The first kappa shape index (κ1) is 16.2. The summed E-state index contributed by atoms with van der Waals surface area (Å²) in [4.78, 5) is 7.63. The highest BCUT2D eigenvalue weighted by Crippen LogP contribution is 2.11. The van der Waals surface area contributed by atoms with E-state index in [0.29, 0.717) is 12.1 Å². The molecule has 2 saturated heterocycles. The molecule has 5 nitrogen and oxygen atoms in total. The summed E-state index contributed by atoms with van der Waals surface area (Å²) in [5, 5.41) is 0. The van der Waals surface area contributed by atoms with Gasteiger partial charge in [0.15, 0.2) is 0 Å². The number of piperazine rings is 1. The minimum atomic E-state index is 0.391. The molecule has 2 aliphatic rings. The zero-order valence-electron chi connectivity index (χ0n) is 13.3. The molecule has 118 valence electrons. The first-order chi connectivity index (χ1) is 9.69. The van der Waals surface area contributed by atoms with Crippen molar-refractivity contribution in [3.8, 4) is 0 Å². The van der Waals surface area contributed by atoms with Crippen molar-refractivity contribution < 1.29 is 4.74 Å². The highest BCUT2D eigenvalue weighted by Gasteiger charge is 2.25. The van der Waals surface area contributed by atoms with E-state index in [9.17, 15) is 0 Å². The van der Waals surface area contributed by atoms with Crippen LogP contribution in [0.5, 0.6) is 0 Å². The predicted octanol–water partition coefficient (Wildman–Crippen LogP) is 0.0620. The monoisotopic (exact) mass is 284 g/mol. The Bertz CT molecular complexity index is 267. The lowest BCUT2D eigenvalue weighted by atomic mass is 10.2. The fourth-order valence-electron chi connectivity index (χ4n) is 3.12. The Morgan fingerprint density at radius 2 is 1.80 bits per heavy atom. The van der Waals surface area contributed by atoms with Gasteiger partial charge >= 0.3 is 0 Å². The Hall–Kier alpha value is -0.200. The summed E-state index contributed by atoms with van der Waals surface area (Å²) < 4.78 is 5.94. The van der Waals surface area contributed by atoms with Crippen LogP contribution in [0, 0.1) is 0 Å². The van der Waals surface area contributed by atoms with Crippen molar-refractivity contribution in [3.63, 3.8) is 0 Å². The van der Waals surface area contributed by atoms with E-state index in [-0.39, 0.29) is 0 Å². The molecule has 2 N–H and O–H groups in total. The van der Waals surface area contributed by atoms with Gasteiger partial charge in [-0.2, -0.15) is 0 Å². The Kier molecular flexibility index (Phi) is 6.71. The molecule has 0 saturated carbocycles. The van der Waals surface area contributed by atoms with Gasteiger partial charge in [-0.3, -0.25) is 9.80 Å². The van der Waals surface area contributed by atoms with Crippen molar-refractivity contribution in [1.29, 1.82) is 0 Å². The van der Waals surface area contributed by atoms with Gasteiger partial charge in [0.05, 0.1) is 12.7 Å². The van der Waals surface area contributed by atoms with Gasteiger partial charge < -0.3 is 15.4 Å². The molecule has 5 heteroatoms. The molecule has 0 spiro atoms.